The average molecular weight is 383 g/mol. The monoisotopic (exact) mass is 382 g/mol. The number of carbonyl (C=O) groups excluding carboxylic acids is 1. The van der Waals surface area contributed by atoms with Gasteiger partial charge in [0.15, 0.2) is 5.11 Å². The molecule has 3 nitrogen and oxygen atoms in total. The molecular formula is C22H42N2OS. The van der Waals surface area contributed by atoms with E-state index in [9.17, 15) is 4.79 Å². The third-order valence-electron chi connectivity index (χ3n) is 5.45. The van der Waals surface area contributed by atoms with E-state index in [1.54, 1.807) is 0 Å². The highest BCUT2D eigenvalue weighted by Gasteiger charge is 2.13. The Morgan fingerprint density at radius 1 is 0.808 bits per heavy atom. The van der Waals surface area contributed by atoms with Crippen LogP contribution in [-0.4, -0.2) is 17.1 Å². The van der Waals surface area contributed by atoms with Gasteiger partial charge in [0, 0.05) is 12.5 Å². The second-order valence-electron chi connectivity index (χ2n) is 8.00. The van der Waals surface area contributed by atoms with Gasteiger partial charge in [0.2, 0.25) is 5.91 Å². The standard InChI is InChI=1S/C22H42N2OS/c1-2-3-4-5-6-7-8-9-10-11-16-19-21(25)24-22(26)23-20-17-14-12-13-15-18-20/h20H,2-19H2,1H3,(H2,23,24,25,26). The fourth-order valence-electron chi connectivity index (χ4n) is 3.78. The Balaban J connectivity index is 1.90. The maximum atomic E-state index is 12.0. The lowest BCUT2D eigenvalue weighted by atomic mass is 10.1. The van der Waals surface area contributed by atoms with E-state index in [0.717, 1.165) is 12.8 Å². The number of rotatable bonds is 13. The summed E-state index contributed by atoms with van der Waals surface area (Å²) in [5.74, 6) is 0.0760. The first-order chi connectivity index (χ1) is 12.7. The van der Waals surface area contributed by atoms with Crippen molar-refractivity contribution in [3.8, 4) is 0 Å². The molecule has 0 radical (unpaired) electrons. The van der Waals surface area contributed by atoms with Crippen molar-refractivity contribution < 1.29 is 4.79 Å². The van der Waals surface area contributed by atoms with Crippen LogP contribution in [0.25, 0.3) is 0 Å². The molecule has 0 aromatic rings. The number of carbonyl (C=O) groups is 1. The molecule has 26 heavy (non-hydrogen) atoms. The first-order valence-electron chi connectivity index (χ1n) is 11.3. The summed E-state index contributed by atoms with van der Waals surface area (Å²) in [4.78, 5) is 12.0. The first-order valence-corrected chi connectivity index (χ1v) is 11.7. The van der Waals surface area contributed by atoms with Gasteiger partial charge in [-0.3, -0.25) is 4.79 Å². The summed E-state index contributed by atoms with van der Waals surface area (Å²) in [7, 11) is 0. The van der Waals surface area contributed by atoms with Gasteiger partial charge >= 0.3 is 0 Å². The van der Waals surface area contributed by atoms with Gasteiger partial charge < -0.3 is 10.6 Å². The molecule has 0 spiro atoms. The summed E-state index contributed by atoms with van der Waals surface area (Å²) < 4.78 is 0. The minimum absolute atomic E-state index is 0.0760. The van der Waals surface area contributed by atoms with Gasteiger partial charge in [0.1, 0.15) is 0 Å². The molecule has 1 rings (SSSR count). The summed E-state index contributed by atoms with van der Waals surface area (Å²) in [6.07, 6.45) is 22.5. The van der Waals surface area contributed by atoms with E-state index in [4.69, 9.17) is 12.2 Å². The second-order valence-corrected chi connectivity index (χ2v) is 8.40. The molecule has 0 bridgehead atoms. The molecule has 1 aliphatic carbocycles. The molecule has 2 N–H and O–H groups in total. The van der Waals surface area contributed by atoms with Crippen LogP contribution in [0.2, 0.25) is 0 Å². The molecule has 4 heteroatoms. The molecule has 0 unspecified atom stereocenters. The molecule has 0 heterocycles. The van der Waals surface area contributed by atoms with Crippen molar-refractivity contribution in [1.29, 1.82) is 0 Å². The Labute approximate surface area is 167 Å². The zero-order valence-electron chi connectivity index (χ0n) is 17.1. The fourth-order valence-corrected chi connectivity index (χ4v) is 4.06. The van der Waals surface area contributed by atoms with Crippen LogP contribution in [0.1, 0.15) is 122 Å². The Bertz CT molecular complexity index is 365. The molecule has 1 fully saturated rings. The van der Waals surface area contributed by atoms with Crippen molar-refractivity contribution in [3.63, 3.8) is 0 Å². The summed E-state index contributed by atoms with van der Waals surface area (Å²) in [5.41, 5.74) is 0. The Kier molecular flexibility index (Phi) is 14.9. The van der Waals surface area contributed by atoms with Crippen LogP contribution in [0.15, 0.2) is 0 Å². The van der Waals surface area contributed by atoms with Gasteiger partial charge in [0.25, 0.3) is 0 Å². The number of unbranched alkanes of at least 4 members (excludes halogenated alkanes) is 10. The topological polar surface area (TPSA) is 41.1 Å². The Morgan fingerprint density at radius 3 is 1.85 bits per heavy atom. The number of nitrogens with one attached hydrogen (secondary N) is 2. The summed E-state index contributed by atoms with van der Waals surface area (Å²) >= 11 is 5.30. The zero-order valence-corrected chi connectivity index (χ0v) is 17.9. The molecule has 1 saturated carbocycles. The predicted molar refractivity (Wildman–Crippen MR) is 116 cm³/mol. The SMILES string of the molecule is CCCCCCCCCCCCCC(=O)NC(=S)NC1CCCCCC1. The van der Waals surface area contributed by atoms with E-state index in [1.807, 2.05) is 0 Å². The van der Waals surface area contributed by atoms with Crippen molar-refractivity contribution in [2.24, 2.45) is 0 Å². The molecule has 0 aliphatic heterocycles. The zero-order chi connectivity index (χ0) is 18.9. The molecule has 152 valence electrons. The lowest BCUT2D eigenvalue weighted by Crippen LogP contribution is -2.44. The number of hydrogen-bond acceptors (Lipinski definition) is 2. The van der Waals surface area contributed by atoms with Crippen molar-refractivity contribution in [3.05, 3.63) is 0 Å². The summed E-state index contributed by atoms with van der Waals surface area (Å²) in [6.45, 7) is 2.27. The van der Waals surface area contributed by atoms with Gasteiger partial charge in [-0.05, 0) is 31.5 Å². The minimum atomic E-state index is 0.0760. The maximum Gasteiger partial charge on any atom is 0.226 e. The van der Waals surface area contributed by atoms with Gasteiger partial charge in [0.05, 0.1) is 0 Å². The van der Waals surface area contributed by atoms with E-state index in [1.165, 1.54) is 96.3 Å². The van der Waals surface area contributed by atoms with Crippen LogP contribution in [0, 0.1) is 0 Å². The first kappa shape index (κ1) is 23.4. The van der Waals surface area contributed by atoms with E-state index in [2.05, 4.69) is 17.6 Å². The minimum Gasteiger partial charge on any atom is -0.360 e. The van der Waals surface area contributed by atoms with Crippen molar-refractivity contribution in [2.45, 2.75) is 129 Å². The molecule has 0 aromatic carbocycles. The van der Waals surface area contributed by atoms with E-state index >= 15 is 0 Å². The van der Waals surface area contributed by atoms with Crippen LogP contribution in [-0.2, 0) is 4.79 Å². The van der Waals surface area contributed by atoms with Gasteiger partial charge in [-0.25, -0.2) is 0 Å². The van der Waals surface area contributed by atoms with E-state index < -0.39 is 0 Å². The number of amides is 1. The molecule has 0 saturated heterocycles. The third kappa shape index (κ3) is 13.5. The fraction of sp³-hybridized carbons (Fsp3) is 0.909. The van der Waals surface area contributed by atoms with Gasteiger partial charge in [-0.15, -0.1) is 0 Å². The molecule has 0 aromatic heterocycles. The van der Waals surface area contributed by atoms with Crippen LogP contribution in [0.3, 0.4) is 0 Å². The molecular weight excluding hydrogens is 340 g/mol. The Hall–Kier alpha value is -0.640. The lowest BCUT2D eigenvalue weighted by Gasteiger charge is -2.18. The van der Waals surface area contributed by atoms with E-state index in [-0.39, 0.29) is 5.91 Å². The molecule has 1 amide bonds. The highest BCUT2D eigenvalue weighted by atomic mass is 32.1. The maximum absolute atomic E-state index is 12.0. The second kappa shape index (κ2) is 16.5. The Morgan fingerprint density at radius 2 is 1.31 bits per heavy atom. The van der Waals surface area contributed by atoms with Gasteiger partial charge in [-0.1, -0.05) is 96.8 Å². The average Bonchev–Trinajstić information content (AvgIpc) is 2.88. The third-order valence-corrected chi connectivity index (χ3v) is 5.67. The van der Waals surface area contributed by atoms with Crippen LogP contribution in [0.4, 0.5) is 0 Å². The lowest BCUT2D eigenvalue weighted by molar-refractivity contribution is -0.119. The largest absolute Gasteiger partial charge is 0.360 e. The summed E-state index contributed by atoms with van der Waals surface area (Å²) in [5, 5.41) is 6.73. The number of thiocarbonyl (C=S) groups is 1. The van der Waals surface area contributed by atoms with E-state index in [0.29, 0.717) is 17.6 Å². The number of hydrogen-bond donors (Lipinski definition) is 2. The van der Waals surface area contributed by atoms with Crippen molar-refractivity contribution >= 4 is 23.2 Å². The normalized spacial score (nSPS) is 15.4. The van der Waals surface area contributed by atoms with Crippen molar-refractivity contribution in [1.82, 2.24) is 10.6 Å². The highest BCUT2D eigenvalue weighted by Crippen LogP contribution is 2.17. The van der Waals surface area contributed by atoms with Crippen LogP contribution in [0.5, 0.6) is 0 Å². The molecule has 1 aliphatic rings. The summed E-state index contributed by atoms with van der Waals surface area (Å²) in [6, 6.07) is 0.451. The smallest absolute Gasteiger partial charge is 0.226 e. The van der Waals surface area contributed by atoms with Crippen molar-refractivity contribution in [2.75, 3.05) is 0 Å². The highest BCUT2D eigenvalue weighted by molar-refractivity contribution is 7.80. The van der Waals surface area contributed by atoms with Gasteiger partial charge in [-0.2, -0.15) is 0 Å². The quantitative estimate of drug-likeness (QED) is 0.220. The van der Waals surface area contributed by atoms with Crippen LogP contribution >= 0.6 is 12.2 Å². The van der Waals surface area contributed by atoms with Crippen LogP contribution < -0.4 is 10.6 Å². The molecule has 0 atom stereocenters. The predicted octanol–water partition coefficient (Wildman–Crippen LogP) is 6.40.